The molecule has 1 saturated heterocycles. The maximum absolute atomic E-state index is 13.6. The van der Waals surface area contributed by atoms with Crippen LogP contribution < -0.4 is 14.5 Å². The van der Waals surface area contributed by atoms with Crippen molar-refractivity contribution in [1.82, 2.24) is 0 Å². The molecule has 0 N–H and O–H groups in total. The lowest BCUT2D eigenvalue weighted by molar-refractivity contribution is -0.113. The number of hydrogen-bond donors (Lipinski definition) is 0. The van der Waals surface area contributed by atoms with Gasteiger partial charge in [-0.1, -0.05) is 42.1 Å². The van der Waals surface area contributed by atoms with Crippen LogP contribution in [0.4, 0.5) is 15.8 Å². The van der Waals surface area contributed by atoms with E-state index < -0.39 is 0 Å². The van der Waals surface area contributed by atoms with Crippen molar-refractivity contribution >= 4 is 46.0 Å². The molecule has 1 amide bonds. The zero-order valence-corrected chi connectivity index (χ0v) is 20.3. The summed E-state index contributed by atoms with van der Waals surface area (Å²) >= 11 is 2.91. The molecule has 172 valence electrons. The number of carbonyl (C=O) groups excluding carboxylic acids is 1. The van der Waals surface area contributed by atoms with E-state index in [0.29, 0.717) is 22.3 Å². The lowest BCUT2D eigenvalue weighted by Gasteiger charge is -2.17. The molecule has 0 aromatic heterocycles. The Morgan fingerprint density at radius 3 is 2.50 bits per heavy atom. The van der Waals surface area contributed by atoms with Crippen molar-refractivity contribution in [2.45, 2.75) is 11.3 Å². The fourth-order valence-corrected chi connectivity index (χ4v) is 6.13. The third-order valence-corrected chi connectivity index (χ3v) is 8.02. The number of rotatable bonds is 5. The Morgan fingerprint density at radius 1 is 1.00 bits per heavy atom. The van der Waals surface area contributed by atoms with Gasteiger partial charge in [-0.25, -0.2) is 4.39 Å². The number of anilines is 2. The smallest absolute Gasteiger partial charge is 0.274 e. The summed E-state index contributed by atoms with van der Waals surface area (Å²) < 4.78 is 18.9. The number of ether oxygens (including phenoxy) is 1. The number of amidine groups is 1. The molecule has 1 fully saturated rings. The van der Waals surface area contributed by atoms with Crippen LogP contribution in [0.15, 0.2) is 92.6 Å². The van der Waals surface area contributed by atoms with Crippen LogP contribution in [-0.2, 0) is 11.2 Å². The van der Waals surface area contributed by atoms with Crippen molar-refractivity contribution in [1.29, 1.82) is 0 Å². The fourth-order valence-electron chi connectivity index (χ4n) is 3.80. The van der Waals surface area contributed by atoms with Crippen molar-refractivity contribution in [3.63, 3.8) is 0 Å². The van der Waals surface area contributed by atoms with Crippen molar-refractivity contribution in [2.75, 3.05) is 30.5 Å². The minimum atomic E-state index is -0.348. The maximum Gasteiger partial charge on any atom is 0.274 e. The summed E-state index contributed by atoms with van der Waals surface area (Å²) in [6.07, 6.45) is 0.766. The van der Waals surface area contributed by atoms with Crippen molar-refractivity contribution in [2.24, 2.45) is 4.99 Å². The van der Waals surface area contributed by atoms with Crippen LogP contribution in [0.25, 0.3) is 0 Å². The largest absolute Gasteiger partial charge is 0.497 e. The van der Waals surface area contributed by atoms with Gasteiger partial charge in [0.25, 0.3) is 5.91 Å². The van der Waals surface area contributed by atoms with Crippen molar-refractivity contribution in [3.8, 4) is 5.75 Å². The van der Waals surface area contributed by atoms with E-state index in [4.69, 9.17) is 9.73 Å². The minimum absolute atomic E-state index is 0.163. The molecule has 0 unspecified atom stereocenters. The molecule has 34 heavy (non-hydrogen) atoms. The van der Waals surface area contributed by atoms with Gasteiger partial charge in [-0.15, -0.1) is 0 Å². The van der Waals surface area contributed by atoms with Crippen LogP contribution in [0, 0.1) is 5.82 Å². The summed E-state index contributed by atoms with van der Waals surface area (Å²) in [7, 11) is 3.58. The summed E-state index contributed by atoms with van der Waals surface area (Å²) in [6.45, 7) is 0.542. The van der Waals surface area contributed by atoms with E-state index in [9.17, 15) is 9.18 Å². The summed E-state index contributed by atoms with van der Waals surface area (Å²) in [5, 5.41) is 1.44. The summed E-state index contributed by atoms with van der Waals surface area (Å²) in [5.74, 6) is 0.253. The van der Waals surface area contributed by atoms with E-state index in [1.54, 1.807) is 35.9 Å². The minimum Gasteiger partial charge on any atom is -0.497 e. The first-order valence-corrected chi connectivity index (χ1v) is 12.4. The number of benzene rings is 3. The lowest BCUT2D eigenvalue weighted by atomic mass is 10.2. The van der Waals surface area contributed by atoms with Crippen LogP contribution in [-0.4, -0.2) is 31.8 Å². The zero-order chi connectivity index (χ0) is 23.7. The summed E-state index contributed by atoms with van der Waals surface area (Å²) in [5.41, 5.74) is 2.77. The fraction of sp³-hybridized carbons (Fsp3) is 0.154. The monoisotopic (exact) mass is 491 g/mol. The Kier molecular flexibility index (Phi) is 6.34. The van der Waals surface area contributed by atoms with Crippen LogP contribution in [0.3, 0.4) is 0 Å². The van der Waals surface area contributed by atoms with Gasteiger partial charge in [0.15, 0.2) is 5.17 Å². The number of fused-ring (bicyclic) bond motifs is 1. The molecule has 2 aliphatic rings. The first kappa shape index (κ1) is 22.6. The van der Waals surface area contributed by atoms with Gasteiger partial charge in [0.1, 0.15) is 16.5 Å². The third-order valence-electron chi connectivity index (χ3n) is 5.59. The second-order valence-electron chi connectivity index (χ2n) is 7.75. The number of hydrogen-bond acceptors (Lipinski definition) is 6. The van der Waals surface area contributed by atoms with Crippen molar-refractivity contribution < 1.29 is 13.9 Å². The molecule has 2 heterocycles. The molecule has 0 atom stereocenters. The van der Waals surface area contributed by atoms with Gasteiger partial charge >= 0.3 is 0 Å². The van der Waals surface area contributed by atoms with Gasteiger partial charge in [0.05, 0.1) is 23.5 Å². The van der Waals surface area contributed by atoms with E-state index in [1.165, 1.54) is 29.5 Å². The van der Waals surface area contributed by atoms with E-state index in [1.807, 2.05) is 48.3 Å². The number of carbonyl (C=O) groups is 1. The normalized spacial score (nSPS) is 18.7. The molecule has 2 aliphatic heterocycles. The average Bonchev–Trinajstić information content (AvgIpc) is 3.36. The predicted molar refractivity (Wildman–Crippen MR) is 138 cm³/mol. The molecule has 0 bridgehead atoms. The SMILES string of the molecule is COc1ccc2c(c1)N(C)/C(=C1/SC(=NCCc3ccccc3)N(c3ccc(F)cc3)C1=O)S2. The second kappa shape index (κ2) is 9.56. The van der Waals surface area contributed by atoms with Gasteiger partial charge in [0.2, 0.25) is 0 Å². The third kappa shape index (κ3) is 4.31. The second-order valence-corrected chi connectivity index (χ2v) is 9.76. The molecule has 5 rings (SSSR count). The highest BCUT2D eigenvalue weighted by Crippen LogP contribution is 2.51. The van der Waals surface area contributed by atoms with E-state index in [0.717, 1.165) is 27.8 Å². The molecule has 5 nitrogen and oxygen atoms in total. The number of halogens is 1. The number of aliphatic imine (C=N–C) groups is 1. The Bertz CT molecular complexity index is 1290. The molecular formula is C26H22FN3O2S2. The van der Waals surface area contributed by atoms with E-state index in [-0.39, 0.29) is 11.7 Å². The topological polar surface area (TPSA) is 45.1 Å². The Hall–Kier alpha value is -3.23. The first-order valence-electron chi connectivity index (χ1n) is 10.8. The van der Waals surface area contributed by atoms with Gasteiger partial charge in [0, 0.05) is 24.6 Å². The van der Waals surface area contributed by atoms with E-state index >= 15 is 0 Å². The van der Waals surface area contributed by atoms with Gasteiger partial charge in [-0.05, 0) is 60.1 Å². The lowest BCUT2D eigenvalue weighted by Crippen LogP contribution is -2.29. The van der Waals surface area contributed by atoms with Crippen LogP contribution >= 0.6 is 23.5 Å². The van der Waals surface area contributed by atoms with Crippen molar-refractivity contribution in [3.05, 3.63) is 94.1 Å². The Labute approximate surface area is 206 Å². The number of thioether (sulfide) groups is 2. The Balaban J connectivity index is 1.49. The Morgan fingerprint density at radius 2 is 1.76 bits per heavy atom. The average molecular weight is 492 g/mol. The molecule has 0 aliphatic carbocycles. The summed E-state index contributed by atoms with van der Waals surface area (Å²) in [6, 6.07) is 21.9. The predicted octanol–water partition coefficient (Wildman–Crippen LogP) is 5.92. The molecule has 3 aromatic carbocycles. The van der Waals surface area contributed by atoms with E-state index in [2.05, 4.69) is 12.1 Å². The quantitative estimate of drug-likeness (QED) is 0.415. The molecule has 0 spiro atoms. The first-order chi connectivity index (χ1) is 16.5. The molecule has 0 saturated carbocycles. The molecule has 3 aromatic rings. The van der Waals surface area contributed by atoms with Gasteiger partial charge in [-0.2, -0.15) is 0 Å². The number of amides is 1. The molecular weight excluding hydrogens is 469 g/mol. The van der Waals surface area contributed by atoms with Crippen LogP contribution in [0.1, 0.15) is 5.56 Å². The zero-order valence-electron chi connectivity index (χ0n) is 18.7. The van der Waals surface area contributed by atoms with Gasteiger partial charge in [-0.3, -0.25) is 14.7 Å². The highest BCUT2D eigenvalue weighted by atomic mass is 32.2. The highest BCUT2D eigenvalue weighted by Gasteiger charge is 2.40. The highest BCUT2D eigenvalue weighted by molar-refractivity contribution is 8.20. The number of nitrogens with zero attached hydrogens (tertiary/aromatic N) is 3. The standard InChI is InChI=1S/C26H22FN3O2S2/c1-29-21-16-20(32-2)12-13-22(21)33-25(29)23-24(31)30(19-10-8-18(27)9-11-19)26(34-23)28-15-14-17-6-4-3-5-7-17/h3-13,16H,14-15H2,1-2H3/b25-23-,28-26?. The van der Waals surface area contributed by atoms with Crippen LogP contribution in [0.5, 0.6) is 5.75 Å². The molecule has 8 heteroatoms. The maximum atomic E-state index is 13.6. The number of methoxy groups -OCH3 is 1. The van der Waals surface area contributed by atoms with Gasteiger partial charge < -0.3 is 9.64 Å². The molecule has 0 radical (unpaired) electrons. The van der Waals surface area contributed by atoms with Crippen LogP contribution in [0.2, 0.25) is 0 Å². The summed E-state index contributed by atoms with van der Waals surface area (Å²) in [4.78, 5) is 23.7.